The molecule has 0 radical (unpaired) electrons. The minimum absolute atomic E-state index is 0.484. The molecule has 74 valence electrons. The third-order valence-electron chi connectivity index (χ3n) is 1.94. The fraction of sp³-hybridized carbons (Fsp3) is 0.300. The van der Waals surface area contributed by atoms with Gasteiger partial charge in [0.2, 0.25) is 0 Å². The van der Waals surface area contributed by atoms with E-state index in [0.29, 0.717) is 5.15 Å². The molecule has 0 bridgehead atoms. The molecular formula is C10H10ClNOS. The molecule has 0 aliphatic carbocycles. The standard InChI is InChI=1S/C10H10ClNOS/c1-10(2,13)8-5-6-7(14-8)3-4-9(11)12-6/h3-5,13H,1-2H3. The van der Waals surface area contributed by atoms with Crippen LogP contribution in [0.15, 0.2) is 18.2 Å². The van der Waals surface area contributed by atoms with Crippen LogP contribution in [0, 0.1) is 0 Å². The van der Waals surface area contributed by atoms with Crippen molar-refractivity contribution in [3.8, 4) is 0 Å². The first-order valence-corrected chi connectivity index (χ1v) is 5.45. The number of hydrogen-bond acceptors (Lipinski definition) is 3. The Kier molecular flexibility index (Phi) is 2.26. The zero-order valence-corrected chi connectivity index (χ0v) is 9.49. The van der Waals surface area contributed by atoms with Gasteiger partial charge in [0.1, 0.15) is 5.15 Å². The Morgan fingerprint density at radius 1 is 1.43 bits per heavy atom. The number of nitrogens with zero attached hydrogens (tertiary/aromatic N) is 1. The third-order valence-corrected chi connectivity index (χ3v) is 3.56. The maximum atomic E-state index is 9.81. The molecule has 4 heteroatoms. The Labute approximate surface area is 91.2 Å². The lowest BCUT2D eigenvalue weighted by Gasteiger charge is -2.13. The van der Waals surface area contributed by atoms with E-state index in [0.717, 1.165) is 15.1 Å². The first-order chi connectivity index (χ1) is 6.47. The van der Waals surface area contributed by atoms with Crippen LogP contribution in [0.5, 0.6) is 0 Å². The van der Waals surface area contributed by atoms with Gasteiger partial charge in [-0.25, -0.2) is 4.98 Å². The van der Waals surface area contributed by atoms with Crippen molar-refractivity contribution in [2.24, 2.45) is 0 Å². The SMILES string of the molecule is CC(C)(O)c1cc2nc(Cl)ccc2s1. The Bertz CT molecular complexity index is 472. The molecule has 0 saturated carbocycles. The van der Waals surface area contributed by atoms with E-state index in [2.05, 4.69) is 4.98 Å². The van der Waals surface area contributed by atoms with Crippen LogP contribution >= 0.6 is 22.9 Å². The van der Waals surface area contributed by atoms with Crippen LogP contribution in [-0.2, 0) is 5.60 Å². The van der Waals surface area contributed by atoms with Crippen molar-refractivity contribution in [1.82, 2.24) is 4.98 Å². The van der Waals surface area contributed by atoms with E-state index in [9.17, 15) is 5.11 Å². The van der Waals surface area contributed by atoms with E-state index in [1.54, 1.807) is 31.3 Å². The summed E-state index contributed by atoms with van der Waals surface area (Å²) < 4.78 is 1.05. The summed E-state index contributed by atoms with van der Waals surface area (Å²) in [5, 5.41) is 10.3. The van der Waals surface area contributed by atoms with Crippen LogP contribution in [0.2, 0.25) is 5.15 Å². The van der Waals surface area contributed by atoms with E-state index in [-0.39, 0.29) is 0 Å². The average molecular weight is 228 g/mol. The first-order valence-electron chi connectivity index (χ1n) is 4.26. The van der Waals surface area contributed by atoms with E-state index in [1.165, 1.54) is 0 Å². The van der Waals surface area contributed by atoms with Gasteiger partial charge in [0.25, 0.3) is 0 Å². The van der Waals surface area contributed by atoms with Gasteiger partial charge >= 0.3 is 0 Å². The maximum Gasteiger partial charge on any atom is 0.129 e. The number of thiophene rings is 1. The molecule has 0 unspecified atom stereocenters. The second-order valence-corrected chi connectivity index (χ2v) is 5.16. The third kappa shape index (κ3) is 1.75. The fourth-order valence-corrected chi connectivity index (χ4v) is 2.36. The summed E-state index contributed by atoms with van der Waals surface area (Å²) >= 11 is 7.31. The molecular weight excluding hydrogens is 218 g/mol. The van der Waals surface area contributed by atoms with Crippen molar-refractivity contribution in [2.75, 3.05) is 0 Å². The van der Waals surface area contributed by atoms with Gasteiger partial charge in [0.05, 0.1) is 15.8 Å². The van der Waals surface area contributed by atoms with Crippen molar-refractivity contribution in [3.05, 3.63) is 28.2 Å². The highest BCUT2D eigenvalue weighted by atomic mass is 35.5. The van der Waals surface area contributed by atoms with Crippen molar-refractivity contribution in [2.45, 2.75) is 19.4 Å². The lowest BCUT2D eigenvalue weighted by Crippen LogP contribution is -2.12. The fourth-order valence-electron chi connectivity index (χ4n) is 1.20. The molecule has 2 rings (SSSR count). The van der Waals surface area contributed by atoms with Crippen LogP contribution in [0.3, 0.4) is 0 Å². The predicted octanol–water partition coefficient (Wildman–Crippen LogP) is 3.18. The number of rotatable bonds is 1. The number of fused-ring (bicyclic) bond motifs is 1. The lowest BCUT2D eigenvalue weighted by molar-refractivity contribution is 0.0826. The summed E-state index contributed by atoms with van der Waals surface area (Å²) in [6.45, 7) is 3.53. The van der Waals surface area contributed by atoms with Gasteiger partial charge in [-0.3, -0.25) is 0 Å². The minimum atomic E-state index is -0.808. The summed E-state index contributed by atoms with van der Waals surface area (Å²) in [7, 11) is 0. The number of aromatic nitrogens is 1. The summed E-state index contributed by atoms with van der Waals surface area (Å²) in [6.07, 6.45) is 0. The molecule has 0 atom stereocenters. The molecule has 2 nitrogen and oxygen atoms in total. The van der Waals surface area contributed by atoms with Crippen molar-refractivity contribution >= 4 is 33.2 Å². The van der Waals surface area contributed by atoms with Crippen LogP contribution in [0.4, 0.5) is 0 Å². The normalized spacial score (nSPS) is 12.3. The van der Waals surface area contributed by atoms with E-state index in [4.69, 9.17) is 11.6 Å². The molecule has 0 saturated heterocycles. The van der Waals surface area contributed by atoms with Gasteiger partial charge in [0.15, 0.2) is 0 Å². The summed E-state index contributed by atoms with van der Waals surface area (Å²) in [4.78, 5) is 5.08. The smallest absolute Gasteiger partial charge is 0.129 e. The van der Waals surface area contributed by atoms with Gasteiger partial charge in [-0.05, 0) is 32.0 Å². The molecule has 0 aromatic carbocycles. The summed E-state index contributed by atoms with van der Waals surface area (Å²) in [5.74, 6) is 0. The van der Waals surface area contributed by atoms with Crippen LogP contribution in [0.25, 0.3) is 10.2 Å². The molecule has 0 fully saturated rings. The summed E-state index contributed by atoms with van der Waals surface area (Å²) in [5.41, 5.74) is 0.0392. The topological polar surface area (TPSA) is 33.1 Å². The highest BCUT2D eigenvalue weighted by molar-refractivity contribution is 7.19. The molecule has 1 N–H and O–H groups in total. The minimum Gasteiger partial charge on any atom is -0.385 e. The summed E-state index contributed by atoms with van der Waals surface area (Å²) in [6, 6.07) is 5.56. The first kappa shape index (κ1) is 9.90. The average Bonchev–Trinajstić information content (AvgIpc) is 2.45. The lowest BCUT2D eigenvalue weighted by atomic mass is 10.1. The molecule has 14 heavy (non-hydrogen) atoms. The Hall–Kier alpha value is -0.640. The van der Waals surface area contributed by atoms with Gasteiger partial charge < -0.3 is 5.11 Å². The van der Waals surface area contributed by atoms with Crippen LogP contribution in [-0.4, -0.2) is 10.1 Å². The monoisotopic (exact) mass is 227 g/mol. The zero-order valence-electron chi connectivity index (χ0n) is 7.91. The molecule has 0 amide bonds. The number of halogens is 1. The quantitative estimate of drug-likeness (QED) is 0.760. The molecule has 2 heterocycles. The van der Waals surface area contributed by atoms with Crippen molar-refractivity contribution in [1.29, 1.82) is 0 Å². The van der Waals surface area contributed by atoms with Crippen molar-refractivity contribution in [3.63, 3.8) is 0 Å². The largest absolute Gasteiger partial charge is 0.385 e. The second-order valence-electron chi connectivity index (χ2n) is 3.69. The zero-order chi connectivity index (χ0) is 10.3. The Morgan fingerprint density at radius 2 is 2.14 bits per heavy atom. The van der Waals surface area contributed by atoms with Crippen LogP contribution in [0.1, 0.15) is 18.7 Å². The number of hydrogen-bond donors (Lipinski definition) is 1. The van der Waals surface area contributed by atoms with Gasteiger partial charge in [-0.15, -0.1) is 11.3 Å². The van der Waals surface area contributed by atoms with Crippen molar-refractivity contribution < 1.29 is 5.11 Å². The molecule has 0 aliphatic heterocycles. The van der Waals surface area contributed by atoms with E-state index >= 15 is 0 Å². The second kappa shape index (κ2) is 3.19. The van der Waals surface area contributed by atoms with Gasteiger partial charge in [0, 0.05) is 4.88 Å². The highest BCUT2D eigenvalue weighted by Crippen LogP contribution is 2.32. The van der Waals surface area contributed by atoms with Gasteiger partial charge in [-0.1, -0.05) is 11.6 Å². The Morgan fingerprint density at radius 3 is 2.79 bits per heavy atom. The molecule has 2 aromatic rings. The maximum absolute atomic E-state index is 9.81. The number of aliphatic hydroxyl groups is 1. The molecule has 2 aromatic heterocycles. The Balaban J connectivity index is 2.63. The number of pyridine rings is 1. The van der Waals surface area contributed by atoms with Crippen LogP contribution < -0.4 is 0 Å². The molecule has 0 spiro atoms. The van der Waals surface area contributed by atoms with E-state index < -0.39 is 5.60 Å². The predicted molar refractivity (Wildman–Crippen MR) is 59.9 cm³/mol. The van der Waals surface area contributed by atoms with E-state index in [1.807, 2.05) is 12.1 Å². The molecule has 0 aliphatic rings. The highest BCUT2D eigenvalue weighted by Gasteiger charge is 2.19. The van der Waals surface area contributed by atoms with Gasteiger partial charge in [-0.2, -0.15) is 0 Å².